The molecular weight excluding hydrogens is 222 g/mol. The van der Waals surface area contributed by atoms with E-state index >= 15 is 0 Å². The van der Waals surface area contributed by atoms with Gasteiger partial charge in [-0.3, -0.25) is 19.9 Å². The number of nitrogens with zero attached hydrogens (tertiary/aromatic N) is 1. The van der Waals surface area contributed by atoms with E-state index in [-0.39, 0.29) is 6.42 Å². The lowest BCUT2D eigenvalue weighted by atomic mass is 9.94. The van der Waals surface area contributed by atoms with Crippen molar-refractivity contribution < 1.29 is 14.3 Å². The van der Waals surface area contributed by atoms with Crippen LogP contribution in [0.3, 0.4) is 0 Å². The van der Waals surface area contributed by atoms with Crippen molar-refractivity contribution in [2.45, 2.75) is 12.0 Å². The lowest BCUT2D eigenvalue weighted by molar-refractivity contribution is -0.127. The monoisotopic (exact) mass is 235 g/mol. The molecule has 90 valence electrons. The number of rotatable bonds is 3. The maximum absolute atomic E-state index is 11.6. The molecule has 3 N–H and O–H groups in total. The van der Waals surface area contributed by atoms with Gasteiger partial charge in [0, 0.05) is 24.4 Å². The van der Waals surface area contributed by atoms with Crippen LogP contribution in [0, 0.1) is 0 Å². The summed E-state index contributed by atoms with van der Waals surface area (Å²) in [7, 11) is 0. The van der Waals surface area contributed by atoms with E-state index in [0.717, 1.165) is 0 Å². The van der Waals surface area contributed by atoms with Gasteiger partial charge >= 0.3 is 0 Å². The molecule has 1 aliphatic heterocycles. The van der Waals surface area contributed by atoms with Gasteiger partial charge < -0.3 is 10.5 Å². The molecule has 0 spiro atoms. The van der Waals surface area contributed by atoms with Gasteiger partial charge in [0.05, 0.1) is 18.8 Å². The summed E-state index contributed by atoms with van der Waals surface area (Å²) in [4.78, 5) is 27.0. The van der Waals surface area contributed by atoms with Gasteiger partial charge in [-0.15, -0.1) is 0 Å². The van der Waals surface area contributed by atoms with Crippen molar-refractivity contribution >= 4 is 11.8 Å². The first-order valence-electron chi connectivity index (χ1n) is 5.20. The summed E-state index contributed by atoms with van der Waals surface area (Å²) in [5.41, 5.74) is 5.58. The second-order valence-corrected chi connectivity index (χ2v) is 4.15. The Morgan fingerprint density at radius 3 is 2.59 bits per heavy atom. The molecule has 17 heavy (non-hydrogen) atoms. The molecular formula is C11H13N3O3. The number of ether oxygens (including phenoxy) is 1. The summed E-state index contributed by atoms with van der Waals surface area (Å²) >= 11 is 0. The number of amides is 2. The average molecular weight is 235 g/mol. The minimum Gasteiger partial charge on any atom is -0.377 e. The highest BCUT2D eigenvalue weighted by atomic mass is 16.5. The summed E-state index contributed by atoms with van der Waals surface area (Å²) in [5.74, 6) is -0.834. The fourth-order valence-electron chi connectivity index (χ4n) is 1.53. The maximum atomic E-state index is 11.6. The molecule has 0 aromatic carbocycles. The first kappa shape index (κ1) is 11.7. The van der Waals surface area contributed by atoms with E-state index in [1.165, 1.54) is 24.5 Å². The Labute approximate surface area is 98.2 Å². The molecule has 0 atom stereocenters. The third kappa shape index (κ3) is 2.86. The van der Waals surface area contributed by atoms with Gasteiger partial charge in [0.15, 0.2) is 0 Å². The zero-order valence-corrected chi connectivity index (χ0v) is 9.18. The largest absolute Gasteiger partial charge is 0.377 e. The van der Waals surface area contributed by atoms with E-state index in [1.807, 2.05) is 0 Å². The van der Waals surface area contributed by atoms with Gasteiger partial charge in [-0.05, 0) is 12.1 Å². The van der Waals surface area contributed by atoms with Crippen molar-refractivity contribution in [1.29, 1.82) is 0 Å². The number of imide groups is 1. The molecule has 1 aromatic heterocycles. The van der Waals surface area contributed by atoms with Crippen LogP contribution >= 0.6 is 0 Å². The Morgan fingerprint density at radius 2 is 2.06 bits per heavy atom. The number of hydrogen-bond acceptors (Lipinski definition) is 5. The van der Waals surface area contributed by atoms with Gasteiger partial charge in [-0.25, -0.2) is 0 Å². The topological polar surface area (TPSA) is 94.3 Å². The number of nitrogens with two attached hydrogens (primary N) is 1. The molecule has 1 fully saturated rings. The van der Waals surface area contributed by atoms with Crippen LogP contribution in [0.5, 0.6) is 0 Å². The predicted octanol–water partition coefficient (Wildman–Crippen LogP) is -0.544. The number of pyridine rings is 1. The Bertz CT molecular complexity index is 429. The third-order valence-corrected chi connectivity index (χ3v) is 2.49. The second-order valence-electron chi connectivity index (χ2n) is 4.15. The smallest absolute Gasteiger partial charge is 0.257 e. The van der Waals surface area contributed by atoms with Crippen LogP contribution in [-0.4, -0.2) is 35.6 Å². The van der Waals surface area contributed by atoms with Gasteiger partial charge in [0.1, 0.15) is 0 Å². The molecule has 2 heterocycles. The number of carbonyl (C=O) groups excluding carboxylic acids is 2. The zero-order valence-electron chi connectivity index (χ0n) is 9.18. The van der Waals surface area contributed by atoms with E-state index in [2.05, 4.69) is 10.3 Å². The Hall–Kier alpha value is -1.79. The molecule has 0 bridgehead atoms. The summed E-state index contributed by atoms with van der Waals surface area (Å²) in [6.07, 6.45) is 3.07. The molecule has 0 unspecified atom stereocenters. The Balaban J connectivity index is 1.89. The lowest BCUT2D eigenvalue weighted by Gasteiger charge is -2.36. The van der Waals surface area contributed by atoms with Crippen molar-refractivity contribution in [2.24, 2.45) is 5.73 Å². The predicted molar refractivity (Wildman–Crippen MR) is 59.1 cm³/mol. The van der Waals surface area contributed by atoms with Crippen LogP contribution in [-0.2, 0) is 9.53 Å². The quantitative estimate of drug-likeness (QED) is 0.733. The van der Waals surface area contributed by atoms with Gasteiger partial charge in [-0.2, -0.15) is 0 Å². The van der Waals surface area contributed by atoms with Gasteiger partial charge in [0.25, 0.3) is 5.91 Å². The number of hydrogen-bond donors (Lipinski definition) is 2. The number of nitrogens with one attached hydrogen (secondary N) is 1. The molecule has 0 aliphatic carbocycles. The van der Waals surface area contributed by atoms with Crippen LogP contribution in [0.1, 0.15) is 16.8 Å². The van der Waals surface area contributed by atoms with Gasteiger partial charge in [-0.1, -0.05) is 0 Å². The molecule has 1 aromatic rings. The SMILES string of the molecule is NC1(CC(=O)NC(=O)c2ccncc2)COC1. The molecule has 6 heteroatoms. The Kier molecular flexibility index (Phi) is 3.16. The maximum Gasteiger partial charge on any atom is 0.257 e. The first-order valence-corrected chi connectivity index (χ1v) is 5.20. The van der Waals surface area contributed by atoms with E-state index in [9.17, 15) is 9.59 Å². The van der Waals surface area contributed by atoms with Crippen LogP contribution < -0.4 is 11.1 Å². The van der Waals surface area contributed by atoms with Crippen molar-refractivity contribution in [3.63, 3.8) is 0 Å². The molecule has 0 radical (unpaired) electrons. The lowest BCUT2D eigenvalue weighted by Crippen LogP contribution is -2.59. The minimum atomic E-state index is -0.622. The van der Waals surface area contributed by atoms with Crippen LogP contribution in [0.15, 0.2) is 24.5 Å². The van der Waals surface area contributed by atoms with Gasteiger partial charge in [0.2, 0.25) is 5.91 Å². The fraction of sp³-hybridized carbons (Fsp3) is 0.364. The zero-order chi connectivity index (χ0) is 12.3. The number of aromatic nitrogens is 1. The average Bonchev–Trinajstić information content (AvgIpc) is 2.28. The van der Waals surface area contributed by atoms with Crippen LogP contribution in [0.25, 0.3) is 0 Å². The van der Waals surface area contributed by atoms with E-state index in [1.54, 1.807) is 0 Å². The van der Waals surface area contributed by atoms with E-state index in [4.69, 9.17) is 10.5 Å². The molecule has 2 amide bonds. The van der Waals surface area contributed by atoms with Crippen molar-refractivity contribution in [2.75, 3.05) is 13.2 Å². The highest BCUT2D eigenvalue weighted by Crippen LogP contribution is 2.17. The second kappa shape index (κ2) is 4.60. The summed E-state index contributed by atoms with van der Waals surface area (Å²) < 4.78 is 4.93. The molecule has 1 saturated heterocycles. The van der Waals surface area contributed by atoms with Crippen molar-refractivity contribution in [3.8, 4) is 0 Å². The third-order valence-electron chi connectivity index (χ3n) is 2.49. The molecule has 1 aliphatic rings. The normalized spacial score (nSPS) is 17.0. The fourth-order valence-corrected chi connectivity index (χ4v) is 1.53. The summed E-state index contributed by atoms with van der Waals surface area (Å²) in [6, 6.07) is 3.07. The Morgan fingerprint density at radius 1 is 1.41 bits per heavy atom. The molecule has 0 saturated carbocycles. The van der Waals surface area contributed by atoms with Crippen molar-refractivity contribution in [3.05, 3.63) is 30.1 Å². The van der Waals surface area contributed by atoms with Crippen molar-refractivity contribution in [1.82, 2.24) is 10.3 Å². The number of carbonyl (C=O) groups is 2. The summed E-state index contributed by atoms with van der Waals surface area (Å²) in [6.45, 7) is 0.702. The van der Waals surface area contributed by atoms with E-state index < -0.39 is 17.4 Å². The standard InChI is InChI=1S/C11H13N3O3/c12-11(6-17-7-11)5-9(15)14-10(16)8-1-3-13-4-2-8/h1-4H,5-7,12H2,(H,14,15,16). The highest BCUT2D eigenvalue weighted by molar-refractivity contribution is 6.04. The first-order chi connectivity index (χ1) is 8.09. The van der Waals surface area contributed by atoms with E-state index in [0.29, 0.717) is 18.8 Å². The van der Waals surface area contributed by atoms with Crippen LogP contribution in [0.4, 0.5) is 0 Å². The van der Waals surface area contributed by atoms with Crippen LogP contribution in [0.2, 0.25) is 0 Å². The highest BCUT2D eigenvalue weighted by Gasteiger charge is 2.36. The summed E-state index contributed by atoms with van der Waals surface area (Å²) in [5, 5.41) is 2.28. The molecule has 2 rings (SSSR count). The molecule has 6 nitrogen and oxygen atoms in total. The minimum absolute atomic E-state index is 0.0871.